The third kappa shape index (κ3) is 1.93. The van der Waals surface area contributed by atoms with Gasteiger partial charge in [0.1, 0.15) is 6.54 Å². The van der Waals surface area contributed by atoms with E-state index in [0.29, 0.717) is 0 Å². The fourth-order valence-corrected chi connectivity index (χ4v) is 1.12. The Morgan fingerprint density at radius 3 is 3.22 bits per heavy atom. The molecule has 0 radical (unpaired) electrons. The fraction of sp³-hybridized carbons (Fsp3) is 0.500. The molecule has 0 saturated carbocycles. The molecule has 0 aromatic heterocycles. The minimum atomic E-state index is -0.338. The summed E-state index contributed by atoms with van der Waals surface area (Å²) in [6, 6.07) is 0. The monoisotopic (exact) mass is 145 g/mol. The zero-order valence-corrected chi connectivity index (χ0v) is 5.60. The number of rotatable bonds is 2. The molecule has 2 N–H and O–H groups in total. The van der Waals surface area contributed by atoms with Crippen molar-refractivity contribution in [2.24, 2.45) is 10.8 Å². The normalized spacial score (nSPS) is 16.7. The third-order valence-electron chi connectivity index (χ3n) is 0.847. The van der Waals surface area contributed by atoms with E-state index >= 15 is 0 Å². The molecule has 0 aromatic rings. The zero-order valence-electron chi connectivity index (χ0n) is 4.78. The molecule has 0 unspecified atom stereocenters. The van der Waals surface area contributed by atoms with E-state index in [1.165, 1.54) is 0 Å². The van der Waals surface area contributed by atoms with E-state index in [1.54, 1.807) is 22.3 Å². The van der Waals surface area contributed by atoms with E-state index in [9.17, 15) is 4.79 Å². The van der Waals surface area contributed by atoms with Crippen LogP contribution in [-0.2, 0) is 4.79 Å². The molecule has 50 valence electrons. The lowest BCUT2D eigenvalue weighted by molar-refractivity contribution is -0.118. The Bertz CT molecular complexity index is 147. The average molecular weight is 145 g/mol. The highest BCUT2D eigenvalue weighted by molar-refractivity contribution is 8.12. The van der Waals surface area contributed by atoms with E-state index in [0.717, 1.165) is 5.88 Å². The van der Waals surface area contributed by atoms with Crippen LogP contribution in [0.25, 0.3) is 0 Å². The molecular formula is C4H7N3OS. The molecule has 5 heteroatoms. The molecule has 0 spiro atoms. The second-order valence-corrected chi connectivity index (χ2v) is 2.45. The van der Waals surface area contributed by atoms with Gasteiger partial charge in [0.05, 0.1) is 11.4 Å². The molecule has 0 fully saturated rings. The van der Waals surface area contributed by atoms with Gasteiger partial charge in [-0.05, 0) is 0 Å². The molecule has 0 aromatic carbocycles. The average Bonchev–Trinajstić information content (AvgIpc) is 2.15. The lowest BCUT2D eigenvalue weighted by atomic mass is 10.6. The summed E-state index contributed by atoms with van der Waals surface area (Å²) in [7, 11) is 0. The number of amides is 1. The number of nitrogens with two attached hydrogens (primary N) is 1. The minimum Gasteiger partial charge on any atom is -0.368 e. The van der Waals surface area contributed by atoms with Crippen LogP contribution in [0.3, 0.4) is 0 Å². The van der Waals surface area contributed by atoms with Gasteiger partial charge in [0.2, 0.25) is 5.91 Å². The third-order valence-corrected chi connectivity index (χ3v) is 1.54. The topological polar surface area (TPSA) is 58.7 Å². The fourth-order valence-electron chi connectivity index (χ4n) is 0.519. The van der Waals surface area contributed by atoms with Crippen LogP contribution < -0.4 is 5.73 Å². The lowest BCUT2D eigenvalue weighted by Crippen LogP contribution is -2.27. The maximum atomic E-state index is 10.3. The molecule has 0 aliphatic carbocycles. The summed E-state index contributed by atoms with van der Waals surface area (Å²) in [5, 5.41) is 5.46. The Balaban J connectivity index is 2.28. The molecule has 1 aliphatic heterocycles. The maximum Gasteiger partial charge on any atom is 0.238 e. The van der Waals surface area contributed by atoms with Crippen molar-refractivity contribution in [2.75, 3.05) is 12.4 Å². The zero-order chi connectivity index (χ0) is 6.69. The van der Waals surface area contributed by atoms with Gasteiger partial charge in [-0.25, -0.2) is 0 Å². The van der Waals surface area contributed by atoms with Crippen LogP contribution in [0.5, 0.6) is 0 Å². The highest BCUT2D eigenvalue weighted by atomic mass is 32.2. The first-order valence-corrected chi connectivity index (χ1v) is 3.51. The summed E-state index contributed by atoms with van der Waals surface area (Å²) < 4.78 is 0. The maximum absolute atomic E-state index is 10.3. The molecule has 9 heavy (non-hydrogen) atoms. The predicted molar refractivity (Wildman–Crippen MR) is 36.9 cm³/mol. The molecule has 1 rings (SSSR count). The molecule has 4 nitrogen and oxygen atoms in total. The van der Waals surface area contributed by atoms with Gasteiger partial charge in [-0.2, -0.15) is 5.10 Å². The minimum absolute atomic E-state index is 0.226. The second kappa shape index (κ2) is 2.72. The Morgan fingerprint density at radius 2 is 2.78 bits per heavy atom. The molecule has 1 aliphatic rings. The Hall–Kier alpha value is -0.710. The van der Waals surface area contributed by atoms with Gasteiger partial charge in [0, 0.05) is 0 Å². The van der Waals surface area contributed by atoms with Crippen molar-refractivity contribution < 1.29 is 4.79 Å². The van der Waals surface area contributed by atoms with Crippen LogP contribution in [0.15, 0.2) is 5.10 Å². The number of carbonyl (C=O) groups excluding carboxylic acids is 1. The molecular weight excluding hydrogens is 138 g/mol. The van der Waals surface area contributed by atoms with Crippen molar-refractivity contribution in [3.63, 3.8) is 0 Å². The number of primary amides is 1. The molecule has 1 heterocycles. The first-order valence-electron chi connectivity index (χ1n) is 2.46. The Kier molecular flexibility index (Phi) is 1.94. The lowest BCUT2D eigenvalue weighted by Gasteiger charge is -2.07. The van der Waals surface area contributed by atoms with Crippen LogP contribution in [0, 0.1) is 0 Å². The van der Waals surface area contributed by atoms with E-state index in [2.05, 4.69) is 5.10 Å². The van der Waals surface area contributed by atoms with Crippen molar-refractivity contribution in [1.29, 1.82) is 0 Å². The molecule has 0 saturated heterocycles. The Labute approximate surface area is 57.1 Å². The predicted octanol–water partition coefficient (Wildman–Crippen LogP) is -0.579. The van der Waals surface area contributed by atoms with E-state index in [4.69, 9.17) is 5.73 Å². The highest BCUT2D eigenvalue weighted by Gasteiger charge is 2.07. The van der Waals surface area contributed by atoms with Crippen molar-refractivity contribution in [1.82, 2.24) is 5.01 Å². The standard InChI is InChI=1S/C4H7N3OS/c5-4(8)1-7-3-9-2-6-7/h2H,1,3H2,(H2,5,8). The van der Waals surface area contributed by atoms with Gasteiger partial charge in [0.25, 0.3) is 0 Å². The van der Waals surface area contributed by atoms with Crippen molar-refractivity contribution >= 4 is 23.2 Å². The summed E-state index contributed by atoms with van der Waals surface area (Å²) in [5.74, 6) is 0.401. The second-order valence-electron chi connectivity index (χ2n) is 1.65. The number of nitrogens with zero attached hydrogens (tertiary/aromatic N) is 2. The number of hydrogen-bond donors (Lipinski definition) is 1. The van der Waals surface area contributed by atoms with Gasteiger partial charge in [-0.1, -0.05) is 11.8 Å². The smallest absolute Gasteiger partial charge is 0.238 e. The highest BCUT2D eigenvalue weighted by Crippen LogP contribution is 2.07. The van der Waals surface area contributed by atoms with Crippen LogP contribution in [0.4, 0.5) is 0 Å². The number of thioether (sulfide) groups is 1. The first-order chi connectivity index (χ1) is 4.29. The molecule has 0 atom stereocenters. The molecule has 0 bridgehead atoms. The van der Waals surface area contributed by atoms with E-state index < -0.39 is 0 Å². The van der Waals surface area contributed by atoms with Crippen LogP contribution >= 0.6 is 11.8 Å². The van der Waals surface area contributed by atoms with Gasteiger partial charge < -0.3 is 5.73 Å². The first kappa shape index (κ1) is 6.41. The van der Waals surface area contributed by atoms with Crippen LogP contribution in [0.2, 0.25) is 0 Å². The largest absolute Gasteiger partial charge is 0.368 e. The summed E-state index contributed by atoms with van der Waals surface area (Å²) in [6.07, 6.45) is 0. The summed E-state index contributed by atoms with van der Waals surface area (Å²) in [6.45, 7) is 0.226. The van der Waals surface area contributed by atoms with Crippen molar-refractivity contribution in [2.45, 2.75) is 0 Å². The van der Waals surface area contributed by atoms with Gasteiger partial charge >= 0.3 is 0 Å². The van der Waals surface area contributed by atoms with E-state index in [-0.39, 0.29) is 12.5 Å². The SMILES string of the molecule is NC(=O)CN1CSC=N1. The van der Waals surface area contributed by atoms with Gasteiger partial charge in [-0.3, -0.25) is 9.80 Å². The quantitative estimate of drug-likeness (QED) is 0.565. The summed E-state index contributed by atoms with van der Waals surface area (Å²) in [5.41, 5.74) is 6.61. The number of hydrazone groups is 1. The number of carbonyl (C=O) groups is 1. The van der Waals surface area contributed by atoms with Crippen molar-refractivity contribution in [3.05, 3.63) is 0 Å². The molecule has 1 amide bonds. The van der Waals surface area contributed by atoms with Gasteiger partial charge in [0.15, 0.2) is 0 Å². The van der Waals surface area contributed by atoms with E-state index in [1.807, 2.05) is 0 Å². The van der Waals surface area contributed by atoms with Crippen LogP contribution in [-0.4, -0.2) is 28.9 Å². The van der Waals surface area contributed by atoms with Crippen LogP contribution in [0.1, 0.15) is 0 Å². The summed E-state index contributed by atoms with van der Waals surface area (Å²) >= 11 is 1.55. The number of hydrogen-bond acceptors (Lipinski definition) is 4. The summed E-state index contributed by atoms with van der Waals surface area (Å²) in [4.78, 5) is 10.3. The Morgan fingerprint density at radius 1 is 2.00 bits per heavy atom. The van der Waals surface area contributed by atoms with Crippen molar-refractivity contribution in [3.8, 4) is 0 Å². The van der Waals surface area contributed by atoms with Gasteiger partial charge in [-0.15, -0.1) is 0 Å².